The first-order chi connectivity index (χ1) is 7.97. The number of esters is 1. The SMILES string of the molecule is CNC(=O)C(C)OC(=O)c1cccc(N)c1Cl. The largest absolute Gasteiger partial charge is 0.449 e. The number of hydrogen-bond acceptors (Lipinski definition) is 4. The first-order valence-corrected chi connectivity index (χ1v) is 5.31. The number of carbonyl (C=O) groups excluding carboxylic acids is 2. The molecule has 1 aromatic rings. The van der Waals surface area contributed by atoms with E-state index in [1.807, 2.05) is 0 Å². The van der Waals surface area contributed by atoms with Gasteiger partial charge in [-0.2, -0.15) is 0 Å². The quantitative estimate of drug-likeness (QED) is 0.629. The Morgan fingerprint density at radius 1 is 1.47 bits per heavy atom. The van der Waals surface area contributed by atoms with Gasteiger partial charge in [-0.05, 0) is 19.1 Å². The summed E-state index contributed by atoms with van der Waals surface area (Å²) >= 11 is 5.86. The van der Waals surface area contributed by atoms with Crippen LogP contribution in [0.4, 0.5) is 5.69 Å². The Morgan fingerprint density at radius 2 is 2.12 bits per heavy atom. The van der Waals surface area contributed by atoms with Crippen LogP contribution in [0.3, 0.4) is 0 Å². The highest BCUT2D eigenvalue weighted by Crippen LogP contribution is 2.23. The van der Waals surface area contributed by atoms with E-state index in [0.29, 0.717) is 0 Å². The molecule has 0 fully saturated rings. The molecule has 0 radical (unpaired) electrons. The molecule has 0 saturated heterocycles. The molecule has 1 rings (SSSR count). The predicted octanol–water partition coefficient (Wildman–Crippen LogP) is 1.21. The van der Waals surface area contributed by atoms with Crippen molar-refractivity contribution >= 4 is 29.2 Å². The molecule has 17 heavy (non-hydrogen) atoms. The van der Waals surface area contributed by atoms with Gasteiger partial charge in [0.25, 0.3) is 5.91 Å². The minimum Gasteiger partial charge on any atom is -0.449 e. The van der Waals surface area contributed by atoms with Gasteiger partial charge in [0.15, 0.2) is 6.10 Å². The van der Waals surface area contributed by atoms with E-state index in [0.717, 1.165) is 0 Å². The van der Waals surface area contributed by atoms with Crippen molar-refractivity contribution in [1.82, 2.24) is 5.32 Å². The molecule has 0 aliphatic carbocycles. The van der Waals surface area contributed by atoms with E-state index in [4.69, 9.17) is 22.1 Å². The molecule has 0 aliphatic heterocycles. The molecule has 5 nitrogen and oxygen atoms in total. The minimum atomic E-state index is -0.884. The molecule has 0 spiro atoms. The molecule has 0 aromatic heterocycles. The molecule has 1 atom stereocenters. The second-order valence-electron chi connectivity index (χ2n) is 3.37. The van der Waals surface area contributed by atoms with Gasteiger partial charge >= 0.3 is 5.97 Å². The summed E-state index contributed by atoms with van der Waals surface area (Å²) in [6, 6.07) is 4.64. The van der Waals surface area contributed by atoms with Gasteiger partial charge < -0.3 is 15.8 Å². The molecule has 0 heterocycles. The minimum absolute atomic E-state index is 0.126. The number of nitrogen functional groups attached to an aromatic ring is 1. The van der Waals surface area contributed by atoms with Crippen molar-refractivity contribution in [3.8, 4) is 0 Å². The molecule has 1 amide bonds. The summed E-state index contributed by atoms with van der Waals surface area (Å²) in [6.45, 7) is 1.47. The van der Waals surface area contributed by atoms with Crippen molar-refractivity contribution in [2.24, 2.45) is 0 Å². The van der Waals surface area contributed by atoms with Crippen LogP contribution in [0.2, 0.25) is 5.02 Å². The van der Waals surface area contributed by atoms with Crippen LogP contribution < -0.4 is 11.1 Å². The molecule has 1 aromatic carbocycles. The maximum absolute atomic E-state index is 11.7. The highest BCUT2D eigenvalue weighted by Gasteiger charge is 2.20. The third-order valence-corrected chi connectivity index (χ3v) is 2.57. The number of amides is 1. The van der Waals surface area contributed by atoms with E-state index in [1.54, 1.807) is 12.1 Å². The average molecular weight is 257 g/mol. The molecule has 1 unspecified atom stereocenters. The molecule has 0 saturated carbocycles. The zero-order valence-electron chi connectivity index (χ0n) is 9.49. The molecule has 0 bridgehead atoms. The van der Waals surface area contributed by atoms with Crippen LogP contribution in [0, 0.1) is 0 Å². The molecular formula is C11H13ClN2O3. The van der Waals surface area contributed by atoms with E-state index >= 15 is 0 Å². The molecule has 6 heteroatoms. The van der Waals surface area contributed by atoms with Crippen LogP contribution in [0.1, 0.15) is 17.3 Å². The fourth-order valence-corrected chi connectivity index (χ4v) is 1.39. The van der Waals surface area contributed by atoms with E-state index in [9.17, 15) is 9.59 Å². The third-order valence-electron chi connectivity index (χ3n) is 2.15. The zero-order valence-corrected chi connectivity index (χ0v) is 10.2. The van der Waals surface area contributed by atoms with E-state index < -0.39 is 18.0 Å². The van der Waals surface area contributed by atoms with Gasteiger partial charge in [-0.1, -0.05) is 17.7 Å². The first kappa shape index (κ1) is 13.3. The van der Waals surface area contributed by atoms with E-state index in [-0.39, 0.29) is 16.3 Å². The number of likely N-dealkylation sites (N-methyl/N-ethyl adjacent to an activating group) is 1. The number of benzene rings is 1. The van der Waals surface area contributed by atoms with Crippen molar-refractivity contribution in [3.63, 3.8) is 0 Å². The van der Waals surface area contributed by atoms with Crippen LogP contribution >= 0.6 is 11.6 Å². The fraction of sp³-hybridized carbons (Fsp3) is 0.273. The Bertz CT molecular complexity index is 448. The summed E-state index contributed by atoms with van der Waals surface area (Å²) in [5.41, 5.74) is 5.98. The summed E-state index contributed by atoms with van der Waals surface area (Å²) in [7, 11) is 1.46. The number of rotatable bonds is 3. The Hall–Kier alpha value is -1.75. The lowest BCUT2D eigenvalue weighted by Gasteiger charge is -2.12. The maximum Gasteiger partial charge on any atom is 0.340 e. The third kappa shape index (κ3) is 3.10. The lowest BCUT2D eigenvalue weighted by molar-refractivity contribution is -0.128. The van der Waals surface area contributed by atoms with Crippen molar-refractivity contribution in [2.75, 3.05) is 12.8 Å². The second-order valence-corrected chi connectivity index (χ2v) is 3.75. The average Bonchev–Trinajstić information content (AvgIpc) is 2.31. The van der Waals surface area contributed by atoms with Crippen LogP contribution in [0.25, 0.3) is 0 Å². The van der Waals surface area contributed by atoms with Crippen molar-refractivity contribution in [2.45, 2.75) is 13.0 Å². The van der Waals surface area contributed by atoms with Gasteiger partial charge in [0, 0.05) is 7.05 Å². The number of halogens is 1. The standard InChI is InChI=1S/C11H13ClN2O3/c1-6(10(15)14-2)17-11(16)7-4-3-5-8(13)9(7)12/h3-6H,13H2,1-2H3,(H,14,15). The van der Waals surface area contributed by atoms with Crippen LogP contribution in [-0.2, 0) is 9.53 Å². The first-order valence-electron chi connectivity index (χ1n) is 4.94. The lowest BCUT2D eigenvalue weighted by atomic mass is 10.2. The zero-order chi connectivity index (χ0) is 13.0. The van der Waals surface area contributed by atoms with E-state index in [2.05, 4.69) is 5.32 Å². The van der Waals surface area contributed by atoms with Crippen molar-refractivity contribution in [1.29, 1.82) is 0 Å². The lowest BCUT2D eigenvalue weighted by Crippen LogP contribution is -2.33. The number of nitrogens with two attached hydrogens (primary N) is 1. The fourth-order valence-electron chi connectivity index (χ4n) is 1.19. The molecule has 0 aliphatic rings. The van der Waals surface area contributed by atoms with Gasteiger partial charge in [-0.15, -0.1) is 0 Å². The number of carbonyl (C=O) groups is 2. The monoisotopic (exact) mass is 256 g/mol. The number of nitrogens with one attached hydrogen (secondary N) is 1. The van der Waals surface area contributed by atoms with E-state index in [1.165, 1.54) is 20.0 Å². The molecular weight excluding hydrogens is 244 g/mol. The van der Waals surface area contributed by atoms with Crippen LogP contribution in [-0.4, -0.2) is 25.0 Å². The molecule has 92 valence electrons. The summed E-state index contributed by atoms with van der Waals surface area (Å²) in [5, 5.41) is 2.50. The van der Waals surface area contributed by atoms with Gasteiger partial charge in [0.1, 0.15) is 0 Å². The summed E-state index contributed by atoms with van der Waals surface area (Å²) < 4.78 is 4.93. The smallest absolute Gasteiger partial charge is 0.340 e. The second kappa shape index (κ2) is 5.54. The summed E-state index contributed by atoms with van der Waals surface area (Å²) in [6.07, 6.45) is -0.884. The number of anilines is 1. The van der Waals surface area contributed by atoms with Crippen molar-refractivity contribution in [3.05, 3.63) is 28.8 Å². The number of hydrogen-bond donors (Lipinski definition) is 2. The van der Waals surface area contributed by atoms with Gasteiger partial charge in [0.2, 0.25) is 0 Å². The number of ether oxygens (including phenoxy) is 1. The molecule has 3 N–H and O–H groups in total. The topological polar surface area (TPSA) is 81.4 Å². The highest BCUT2D eigenvalue weighted by molar-refractivity contribution is 6.36. The van der Waals surface area contributed by atoms with Crippen LogP contribution in [0.15, 0.2) is 18.2 Å². The Labute approximate surface area is 104 Å². The Kier molecular flexibility index (Phi) is 4.34. The maximum atomic E-state index is 11.7. The van der Waals surface area contributed by atoms with Crippen LogP contribution in [0.5, 0.6) is 0 Å². The predicted molar refractivity (Wildman–Crippen MR) is 64.8 cm³/mol. The highest BCUT2D eigenvalue weighted by atomic mass is 35.5. The van der Waals surface area contributed by atoms with Gasteiger partial charge in [0.05, 0.1) is 16.3 Å². The normalized spacial score (nSPS) is 11.7. The Morgan fingerprint density at radius 3 is 2.71 bits per heavy atom. The van der Waals surface area contributed by atoms with Crippen molar-refractivity contribution < 1.29 is 14.3 Å². The summed E-state index contributed by atoms with van der Waals surface area (Å²) in [4.78, 5) is 22.9. The van der Waals surface area contributed by atoms with Gasteiger partial charge in [-0.25, -0.2) is 4.79 Å². The van der Waals surface area contributed by atoms with Gasteiger partial charge in [-0.3, -0.25) is 4.79 Å². The Balaban J connectivity index is 2.84. The summed E-state index contributed by atoms with van der Waals surface area (Å²) in [5.74, 6) is -1.07.